The van der Waals surface area contributed by atoms with E-state index in [2.05, 4.69) is 20.6 Å². The Kier molecular flexibility index (Phi) is 4.32. The fraction of sp³-hybridized carbons (Fsp3) is 0. The molecule has 6 nitrogen and oxygen atoms in total. The van der Waals surface area contributed by atoms with Crippen LogP contribution in [0.3, 0.4) is 0 Å². The molecule has 0 unspecified atom stereocenters. The standard InChI is InChI=1S/C18H11ClN4O2S/c19-15-11(3-1-7-20-15)16(24)22-10-5-6-14-12(9-10)17(25)23-13-4-2-8-21-18(13)26-14/h1-9H,(H,22,24)(H,23,25). The molecule has 128 valence electrons. The van der Waals surface area contributed by atoms with Crippen molar-refractivity contribution in [3.63, 3.8) is 0 Å². The second kappa shape index (κ2) is 6.78. The van der Waals surface area contributed by atoms with E-state index in [1.807, 2.05) is 0 Å². The topological polar surface area (TPSA) is 84.0 Å². The minimum absolute atomic E-state index is 0.120. The summed E-state index contributed by atoms with van der Waals surface area (Å²) in [7, 11) is 0. The van der Waals surface area contributed by atoms with E-state index < -0.39 is 5.91 Å². The molecule has 2 N–H and O–H groups in total. The van der Waals surface area contributed by atoms with Crippen LogP contribution in [0.2, 0.25) is 5.15 Å². The molecule has 0 spiro atoms. The van der Waals surface area contributed by atoms with E-state index >= 15 is 0 Å². The summed E-state index contributed by atoms with van der Waals surface area (Å²) in [6.45, 7) is 0. The molecule has 0 aliphatic carbocycles. The molecule has 1 aliphatic heterocycles. The van der Waals surface area contributed by atoms with Crippen molar-refractivity contribution in [2.75, 3.05) is 10.6 Å². The highest BCUT2D eigenvalue weighted by Gasteiger charge is 2.21. The van der Waals surface area contributed by atoms with Crippen molar-refractivity contribution in [2.24, 2.45) is 0 Å². The highest BCUT2D eigenvalue weighted by molar-refractivity contribution is 7.99. The summed E-state index contributed by atoms with van der Waals surface area (Å²) in [5, 5.41) is 6.42. The van der Waals surface area contributed by atoms with Crippen LogP contribution in [0.15, 0.2) is 64.8 Å². The molecular formula is C18H11ClN4O2S. The quantitative estimate of drug-likeness (QED) is 0.652. The van der Waals surface area contributed by atoms with E-state index in [-0.39, 0.29) is 16.6 Å². The SMILES string of the molecule is O=C1Nc2cccnc2Sc2ccc(NC(=O)c3cccnc3Cl)cc21. The first-order valence-electron chi connectivity index (χ1n) is 7.62. The largest absolute Gasteiger partial charge is 0.322 e. The molecule has 2 aromatic heterocycles. The number of halogens is 1. The maximum Gasteiger partial charge on any atom is 0.258 e. The average Bonchev–Trinajstić information content (AvgIpc) is 2.78. The molecule has 0 fully saturated rings. The Bertz CT molecular complexity index is 1040. The number of anilines is 2. The van der Waals surface area contributed by atoms with Crippen LogP contribution in [0.1, 0.15) is 20.7 Å². The molecule has 8 heteroatoms. The van der Waals surface area contributed by atoms with Crippen molar-refractivity contribution in [3.8, 4) is 0 Å². The summed E-state index contributed by atoms with van der Waals surface area (Å²) < 4.78 is 0. The summed E-state index contributed by atoms with van der Waals surface area (Å²) in [5.41, 5.74) is 1.87. The zero-order chi connectivity index (χ0) is 18.1. The van der Waals surface area contributed by atoms with E-state index in [1.165, 1.54) is 18.0 Å². The molecule has 2 amide bonds. The molecule has 4 rings (SSSR count). The van der Waals surface area contributed by atoms with Gasteiger partial charge in [-0.15, -0.1) is 0 Å². The Morgan fingerprint density at radius 3 is 2.77 bits per heavy atom. The summed E-state index contributed by atoms with van der Waals surface area (Å²) in [5.74, 6) is -0.649. The van der Waals surface area contributed by atoms with Crippen LogP contribution in [0.4, 0.5) is 11.4 Å². The number of nitrogens with one attached hydrogen (secondary N) is 2. The number of benzene rings is 1. The predicted octanol–water partition coefficient (Wildman–Crippen LogP) is 4.10. The highest BCUT2D eigenvalue weighted by atomic mass is 35.5. The van der Waals surface area contributed by atoms with Crippen molar-refractivity contribution in [2.45, 2.75) is 9.92 Å². The van der Waals surface area contributed by atoms with Crippen molar-refractivity contribution < 1.29 is 9.59 Å². The molecule has 3 heterocycles. The number of carbonyl (C=O) groups excluding carboxylic acids is 2. The molecule has 1 aromatic carbocycles. The minimum atomic E-state index is -0.394. The van der Waals surface area contributed by atoms with Gasteiger partial charge >= 0.3 is 0 Å². The number of amides is 2. The van der Waals surface area contributed by atoms with Gasteiger partial charge in [0.25, 0.3) is 11.8 Å². The van der Waals surface area contributed by atoms with Gasteiger partial charge < -0.3 is 10.6 Å². The molecule has 26 heavy (non-hydrogen) atoms. The Morgan fingerprint density at radius 1 is 1.12 bits per heavy atom. The minimum Gasteiger partial charge on any atom is -0.322 e. The third-order valence-corrected chi connectivity index (χ3v) is 5.11. The second-order valence-electron chi connectivity index (χ2n) is 5.42. The number of hydrogen-bond acceptors (Lipinski definition) is 5. The molecule has 0 atom stereocenters. The number of hydrogen-bond donors (Lipinski definition) is 2. The monoisotopic (exact) mass is 382 g/mol. The first-order valence-corrected chi connectivity index (χ1v) is 8.81. The van der Waals surface area contributed by atoms with Crippen molar-refractivity contribution in [1.82, 2.24) is 9.97 Å². The zero-order valence-corrected chi connectivity index (χ0v) is 14.8. The second-order valence-corrected chi connectivity index (χ2v) is 6.81. The Labute approximate surface area is 158 Å². The van der Waals surface area contributed by atoms with E-state index in [1.54, 1.807) is 48.7 Å². The Morgan fingerprint density at radius 2 is 1.92 bits per heavy atom. The van der Waals surface area contributed by atoms with Gasteiger partial charge in [0.2, 0.25) is 0 Å². The van der Waals surface area contributed by atoms with Crippen LogP contribution in [-0.2, 0) is 0 Å². The number of aromatic nitrogens is 2. The lowest BCUT2D eigenvalue weighted by atomic mass is 10.1. The molecule has 0 bridgehead atoms. The number of nitrogens with zero attached hydrogens (tertiary/aromatic N) is 2. The van der Waals surface area contributed by atoms with Crippen LogP contribution >= 0.6 is 23.4 Å². The zero-order valence-electron chi connectivity index (χ0n) is 13.2. The number of carbonyl (C=O) groups is 2. The van der Waals surface area contributed by atoms with Crippen LogP contribution in [0.25, 0.3) is 0 Å². The maximum atomic E-state index is 12.5. The van der Waals surface area contributed by atoms with Crippen molar-refractivity contribution in [3.05, 3.63) is 71.1 Å². The summed E-state index contributed by atoms with van der Waals surface area (Å²) in [4.78, 5) is 33.9. The maximum absolute atomic E-state index is 12.5. The predicted molar refractivity (Wildman–Crippen MR) is 100.0 cm³/mol. The molecule has 0 saturated carbocycles. The first-order chi connectivity index (χ1) is 12.6. The van der Waals surface area contributed by atoms with Gasteiger partial charge in [-0.25, -0.2) is 9.97 Å². The molecule has 1 aliphatic rings. The first kappa shape index (κ1) is 16.6. The van der Waals surface area contributed by atoms with E-state index in [0.29, 0.717) is 16.9 Å². The Hall–Kier alpha value is -2.90. The summed E-state index contributed by atoms with van der Waals surface area (Å²) in [6.07, 6.45) is 3.18. The number of fused-ring (bicyclic) bond motifs is 2. The fourth-order valence-electron chi connectivity index (χ4n) is 2.49. The van der Waals surface area contributed by atoms with Gasteiger partial charge in [-0.1, -0.05) is 23.4 Å². The van der Waals surface area contributed by atoms with Gasteiger partial charge in [-0.05, 0) is 42.5 Å². The van der Waals surface area contributed by atoms with Crippen molar-refractivity contribution >= 4 is 46.6 Å². The summed E-state index contributed by atoms with van der Waals surface area (Å²) >= 11 is 7.35. The smallest absolute Gasteiger partial charge is 0.258 e. The van der Waals surface area contributed by atoms with Gasteiger partial charge in [0.1, 0.15) is 10.2 Å². The number of rotatable bonds is 2. The van der Waals surface area contributed by atoms with Crippen LogP contribution in [0, 0.1) is 0 Å². The van der Waals surface area contributed by atoms with Crippen LogP contribution < -0.4 is 10.6 Å². The highest BCUT2D eigenvalue weighted by Crippen LogP contribution is 2.38. The lowest BCUT2D eigenvalue weighted by molar-refractivity contribution is 0.101. The normalized spacial score (nSPS) is 12.4. The van der Waals surface area contributed by atoms with Gasteiger partial charge in [-0.3, -0.25) is 9.59 Å². The van der Waals surface area contributed by atoms with E-state index in [9.17, 15) is 9.59 Å². The van der Waals surface area contributed by atoms with E-state index in [4.69, 9.17) is 11.6 Å². The molecule has 0 radical (unpaired) electrons. The number of pyridine rings is 2. The molecule has 0 saturated heterocycles. The van der Waals surface area contributed by atoms with Crippen molar-refractivity contribution in [1.29, 1.82) is 0 Å². The van der Waals surface area contributed by atoms with Gasteiger partial charge in [0, 0.05) is 23.0 Å². The van der Waals surface area contributed by atoms with Crippen LogP contribution in [0.5, 0.6) is 0 Å². The molecular weight excluding hydrogens is 372 g/mol. The third-order valence-electron chi connectivity index (χ3n) is 3.71. The summed E-state index contributed by atoms with van der Waals surface area (Å²) in [6, 6.07) is 11.9. The Balaban J connectivity index is 1.64. The lowest BCUT2D eigenvalue weighted by Gasteiger charge is -2.09. The van der Waals surface area contributed by atoms with E-state index in [0.717, 1.165) is 9.92 Å². The molecule has 3 aromatic rings. The average molecular weight is 383 g/mol. The fourth-order valence-corrected chi connectivity index (χ4v) is 3.64. The third kappa shape index (κ3) is 3.14. The van der Waals surface area contributed by atoms with Gasteiger partial charge in [0.05, 0.1) is 16.8 Å². The van der Waals surface area contributed by atoms with Gasteiger partial charge in [0.15, 0.2) is 0 Å². The lowest BCUT2D eigenvalue weighted by Crippen LogP contribution is -2.15. The van der Waals surface area contributed by atoms with Gasteiger partial charge in [-0.2, -0.15) is 0 Å². The van der Waals surface area contributed by atoms with Crippen LogP contribution in [-0.4, -0.2) is 21.8 Å².